The van der Waals surface area contributed by atoms with Gasteiger partial charge in [0, 0.05) is 11.3 Å². The summed E-state index contributed by atoms with van der Waals surface area (Å²) < 4.78 is 5.70. The van der Waals surface area contributed by atoms with E-state index in [0.29, 0.717) is 5.56 Å². The second-order valence-corrected chi connectivity index (χ2v) is 5.18. The molecule has 3 nitrogen and oxygen atoms in total. The maximum atomic E-state index is 12.1. The van der Waals surface area contributed by atoms with Crippen LogP contribution in [-0.2, 0) is 0 Å². The molecule has 0 aliphatic carbocycles. The number of carbonyl (C=O) groups excluding carboxylic acids is 1. The van der Waals surface area contributed by atoms with Gasteiger partial charge in [-0.25, -0.2) is 0 Å². The molecule has 0 bridgehead atoms. The number of aryl methyl sites for hydroxylation is 1. The number of amides is 1. The van der Waals surface area contributed by atoms with Crippen LogP contribution in [0.4, 0.5) is 5.69 Å². The van der Waals surface area contributed by atoms with Gasteiger partial charge in [0.05, 0.1) is 6.10 Å². The molecule has 1 unspecified atom stereocenters. The number of carbonyl (C=O) groups is 1. The van der Waals surface area contributed by atoms with Crippen LogP contribution in [0.25, 0.3) is 0 Å². The SMILES string of the molecule is CCC(C)Oc1ccc(C(=O)Nc2ccc(C)cc2)cc1. The monoisotopic (exact) mass is 283 g/mol. The van der Waals surface area contributed by atoms with Gasteiger partial charge in [-0.3, -0.25) is 4.79 Å². The summed E-state index contributed by atoms with van der Waals surface area (Å²) >= 11 is 0. The topological polar surface area (TPSA) is 38.3 Å². The standard InChI is InChI=1S/C18H21NO2/c1-4-14(3)21-17-11-7-15(8-12-17)18(20)19-16-9-5-13(2)6-10-16/h5-12,14H,4H2,1-3H3,(H,19,20). The van der Waals surface area contributed by atoms with E-state index in [4.69, 9.17) is 4.74 Å². The van der Waals surface area contributed by atoms with E-state index in [1.54, 1.807) is 12.1 Å². The van der Waals surface area contributed by atoms with Crippen LogP contribution in [0, 0.1) is 6.92 Å². The van der Waals surface area contributed by atoms with Crippen LogP contribution in [0.1, 0.15) is 36.2 Å². The third-order valence-corrected chi connectivity index (χ3v) is 3.34. The van der Waals surface area contributed by atoms with Crippen LogP contribution in [0.15, 0.2) is 48.5 Å². The minimum atomic E-state index is -0.117. The van der Waals surface area contributed by atoms with Gasteiger partial charge in [0.15, 0.2) is 0 Å². The molecule has 0 saturated heterocycles. The summed E-state index contributed by atoms with van der Waals surface area (Å²) in [6.07, 6.45) is 1.13. The predicted octanol–water partition coefficient (Wildman–Crippen LogP) is 4.42. The van der Waals surface area contributed by atoms with E-state index in [1.165, 1.54) is 5.56 Å². The fourth-order valence-corrected chi connectivity index (χ4v) is 1.84. The number of hydrogen-bond acceptors (Lipinski definition) is 2. The molecule has 0 aliphatic heterocycles. The maximum Gasteiger partial charge on any atom is 0.255 e. The van der Waals surface area contributed by atoms with Gasteiger partial charge in [0.25, 0.3) is 5.91 Å². The number of ether oxygens (including phenoxy) is 1. The van der Waals surface area contributed by atoms with Crippen molar-refractivity contribution in [2.45, 2.75) is 33.3 Å². The van der Waals surface area contributed by atoms with E-state index >= 15 is 0 Å². The average Bonchev–Trinajstić information content (AvgIpc) is 2.50. The Morgan fingerprint density at radius 2 is 1.71 bits per heavy atom. The Bertz CT molecular complexity index is 588. The zero-order valence-corrected chi connectivity index (χ0v) is 12.7. The van der Waals surface area contributed by atoms with Gasteiger partial charge in [0.2, 0.25) is 0 Å². The van der Waals surface area contributed by atoms with Gasteiger partial charge in [-0.05, 0) is 56.7 Å². The first kappa shape index (κ1) is 15.1. The summed E-state index contributed by atoms with van der Waals surface area (Å²) in [6, 6.07) is 15.0. The minimum absolute atomic E-state index is 0.117. The maximum absolute atomic E-state index is 12.1. The molecule has 0 saturated carbocycles. The lowest BCUT2D eigenvalue weighted by atomic mass is 10.2. The average molecular weight is 283 g/mol. The first-order valence-corrected chi connectivity index (χ1v) is 7.23. The molecule has 1 amide bonds. The Kier molecular flexibility index (Phi) is 4.99. The Balaban J connectivity index is 2.01. The second-order valence-electron chi connectivity index (χ2n) is 5.18. The molecule has 21 heavy (non-hydrogen) atoms. The number of benzene rings is 2. The zero-order valence-electron chi connectivity index (χ0n) is 12.7. The number of rotatable bonds is 5. The van der Waals surface area contributed by atoms with E-state index < -0.39 is 0 Å². The second kappa shape index (κ2) is 6.93. The van der Waals surface area contributed by atoms with Gasteiger partial charge in [0.1, 0.15) is 5.75 Å². The van der Waals surface area contributed by atoms with Crippen molar-refractivity contribution in [1.82, 2.24) is 0 Å². The predicted molar refractivity (Wildman–Crippen MR) is 86.0 cm³/mol. The lowest BCUT2D eigenvalue weighted by molar-refractivity contribution is 0.102. The lowest BCUT2D eigenvalue weighted by Crippen LogP contribution is -2.12. The molecule has 0 aliphatic rings. The summed E-state index contributed by atoms with van der Waals surface area (Å²) in [5.74, 6) is 0.671. The summed E-state index contributed by atoms with van der Waals surface area (Å²) in [4.78, 5) is 12.1. The summed E-state index contributed by atoms with van der Waals surface area (Å²) in [7, 11) is 0. The molecule has 2 aromatic rings. The minimum Gasteiger partial charge on any atom is -0.491 e. The lowest BCUT2D eigenvalue weighted by Gasteiger charge is -2.12. The number of anilines is 1. The number of nitrogens with one attached hydrogen (secondary N) is 1. The smallest absolute Gasteiger partial charge is 0.255 e. The van der Waals surface area contributed by atoms with Gasteiger partial charge in [-0.15, -0.1) is 0 Å². The van der Waals surface area contributed by atoms with Crippen molar-refractivity contribution < 1.29 is 9.53 Å². The molecule has 2 rings (SSSR count). The van der Waals surface area contributed by atoms with E-state index in [2.05, 4.69) is 12.2 Å². The van der Waals surface area contributed by atoms with Crippen molar-refractivity contribution in [2.24, 2.45) is 0 Å². The normalized spacial score (nSPS) is 11.8. The Morgan fingerprint density at radius 3 is 2.29 bits per heavy atom. The van der Waals surface area contributed by atoms with Crippen molar-refractivity contribution in [1.29, 1.82) is 0 Å². The van der Waals surface area contributed by atoms with Crippen LogP contribution in [0.2, 0.25) is 0 Å². The molecule has 1 atom stereocenters. The third-order valence-electron chi connectivity index (χ3n) is 3.34. The molecule has 0 heterocycles. The first-order valence-electron chi connectivity index (χ1n) is 7.23. The van der Waals surface area contributed by atoms with Crippen LogP contribution < -0.4 is 10.1 Å². The fraction of sp³-hybridized carbons (Fsp3) is 0.278. The molecular weight excluding hydrogens is 262 g/mol. The molecule has 1 N–H and O–H groups in total. The van der Waals surface area contributed by atoms with Gasteiger partial charge in [-0.2, -0.15) is 0 Å². The highest BCUT2D eigenvalue weighted by atomic mass is 16.5. The van der Waals surface area contributed by atoms with E-state index in [-0.39, 0.29) is 12.0 Å². The summed E-state index contributed by atoms with van der Waals surface area (Å²) in [5, 5.41) is 2.88. The molecule has 0 spiro atoms. The zero-order chi connectivity index (χ0) is 15.2. The number of hydrogen-bond donors (Lipinski definition) is 1. The molecule has 110 valence electrons. The van der Waals surface area contributed by atoms with Crippen molar-refractivity contribution in [3.63, 3.8) is 0 Å². The van der Waals surface area contributed by atoms with Crippen molar-refractivity contribution in [3.05, 3.63) is 59.7 Å². The van der Waals surface area contributed by atoms with Crippen LogP contribution >= 0.6 is 0 Å². The van der Waals surface area contributed by atoms with Crippen LogP contribution in [0.5, 0.6) is 5.75 Å². The van der Waals surface area contributed by atoms with Gasteiger partial charge >= 0.3 is 0 Å². The van der Waals surface area contributed by atoms with Crippen molar-refractivity contribution in [3.8, 4) is 5.75 Å². The van der Waals surface area contributed by atoms with Crippen LogP contribution in [-0.4, -0.2) is 12.0 Å². The molecular formula is C18H21NO2. The summed E-state index contributed by atoms with van der Waals surface area (Å²) in [6.45, 7) is 6.12. The largest absolute Gasteiger partial charge is 0.491 e. The third kappa shape index (κ3) is 4.35. The molecule has 3 heteroatoms. The van der Waals surface area contributed by atoms with Crippen molar-refractivity contribution in [2.75, 3.05) is 5.32 Å². The Labute approximate surface area is 126 Å². The van der Waals surface area contributed by atoms with Gasteiger partial charge in [-0.1, -0.05) is 24.6 Å². The van der Waals surface area contributed by atoms with Crippen LogP contribution in [0.3, 0.4) is 0 Å². The summed E-state index contributed by atoms with van der Waals surface area (Å²) in [5.41, 5.74) is 2.58. The van der Waals surface area contributed by atoms with E-state index in [1.807, 2.05) is 50.2 Å². The quantitative estimate of drug-likeness (QED) is 0.881. The molecule has 2 aromatic carbocycles. The molecule has 0 fully saturated rings. The highest BCUT2D eigenvalue weighted by molar-refractivity contribution is 6.04. The van der Waals surface area contributed by atoms with Crippen molar-refractivity contribution >= 4 is 11.6 Å². The highest BCUT2D eigenvalue weighted by Gasteiger charge is 2.07. The first-order chi connectivity index (χ1) is 10.1. The molecule has 0 radical (unpaired) electrons. The Morgan fingerprint density at radius 1 is 1.10 bits per heavy atom. The van der Waals surface area contributed by atoms with E-state index in [9.17, 15) is 4.79 Å². The van der Waals surface area contributed by atoms with Gasteiger partial charge < -0.3 is 10.1 Å². The highest BCUT2D eigenvalue weighted by Crippen LogP contribution is 2.16. The molecule has 0 aromatic heterocycles. The Hall–Kier alpha value is -2.29. The fourth-order valence-electron chi connectivity index (χ4n) is 1.84. The van der Waals surface area contributed by atoms with E-state index in [0.717, 1.165) is 17.9 Å².